The lowest BCUT2D eigenvalue weighted by Crippen LogP contribution is -2.39. The maximum absolute atomic E-state index is 12.4. The van der Waals surface area contributed by atoms with Crippen molar-refractivity contribution in [1.82, 2.24) is 5.32 Å². The number of methoxy groups -OCH3 is 1. The largest absolute Gasteiger partial charge is 0.496 e. The first-order valence-corrected chi connectivity index (χ1v) is 8.23. The molecule has 0 saturated heterocycles. The number of para-hydroxylation sites is 1. The van der Waals surface area contributed by atoms with Crippen LogP contribution in [0.5, 0.6) is 5.75 Å². The van der Waals surface area contributed by atoms with E-state index in [0.717, 1.165) is 11.3 Å². The lowest BCUT2D eigenvalue weighted by molar-refractivity contribution is -0.117. The molecule has 0 aliphatic rings. The molecule has 0 aliphatic heterocycles. The Morgan fingerprint density at radius 3 is 2.24 bits per heavy atom. The second-order valence-electron chi connectivity index (χ2n) is 5.97. The minimum atomic E-state index is -0.396. The first kappa shape index (κ1) is 18.7. The van der Waals surface area contributed by atoms with Gasteiger partial charge in [-0.15, -0.1) is 0 Å². The summed E-state index contributed by atoms with van der Waals surface area (Å²) in [6.45, 7) is 5.31. The van der Waals surface area contributed by atoms with E-state index in [1.807, 2.05) is 38.1 Å². The van der Waals surface area contributed by atoms with Crippen molar-refractivity contribution in [2.45, 2.75) is 32.9 Å². The first-order chi connectivity index (χ1) is 11.9. The van der Waals surface area contributed by atoms with Gasteiger partial charge in [0.2, 0.25) is 5.91 Å². The molecular formula is C20H24N2O3. The third-order valence-electron chi connectivity index (χ3n) is 4.06. The average Bonchev–Trinajstić information content (AvgIpc) is 2.61. The molecule has 2 aromatic carbocycles. The quantitative estimate of drug-likeness (QED) is 0.756. The molecule has 0 spiro atoms. The van der Waals surface area contributed by atoms with Crippen LogP contribution in [-0.2, 0) is 4.79 Å². The second kappa shape index (κ2) is 8.44. The lowest BCUT2D eigenvalue weighted by Gasteiger charge is -2.21. The Morgan fingerprint density at radius 2 is 1.64 bits per heavy atom. The zero-order chi connectivity index (χ0) is 18.4. The summed E-state index contributed by atoms with van der Waals surface area (Å²) < 4.78 is 5.37. The zero-order valence-corrected chi connectivity index (χ0v) is 15.0. The normalized spacial score (nSPS) is 13.0. The van der Waals surface area contributed by atoms with E-state index in [2.05, 4.69) is 10.6 Å². The van der Waals surface area contributed by atoms with Crippen LogP contribution >= 0.6 is 0 Å². The number of anilines is 1. The number of carbonyl (C=O) groups is 2. The molecule has 132 valence electrons. The predicted octanol–water partition coefficient (Wildman–Crippen LogP) is 3.58. The Morgan fingerprint density at radius 1 is 1.00 bits per heavy atom. The van der Waals surface area contributed by atoms with E-state index in [1.165, 1.54) is 6.92 Å². The van der Waals surface area contributed by atoms with Gasteiger partial charge in [-0.05, 0) is 51.1 Å². The van der Waals surface area contributed by atoms with Crippen LogP contribution in [0.15, 0.2) is 48.5 Å². The fourth-order valence-corrected chi connectivity index (χ4v) is 2.60. The lowest BCUT2D eigenvalue weighted by atomic mass is 10.1. The topological polar surface area (TPSA) is 67.4 Å². The van der Waals surface area contributed by atoms with Crippen molar-refractivity contribution < 1.29 is 14.3 Å². The molecule has 0 fully saturated rings. The van der Waals surface area contributed by atoms with Crippen molar-refractivity contribution in [1.29, 1.82) is 0 Å². The van der Waals surface area contributed by atoms with Gasteiger partial charge in [-0.2, -0.15) is 0 Å². The van der Waals surface area contributed by atoms with E-state index in [9.17, 15) is 9.59 Å². The maximum atomic E-state index is 12.4. The van der Waals surface area contributed by atoms with Gasteiger partial charge in [-0.25, -0.2) is 0 Å². The number of ether oxygens (including phenoxy) is 1. The molecule has 2 rings (SSSR count). The average molecular weight is 340 g/mol. The number of amides is 1. The Hall–Kier alpha value is -2.66. The Labute approximate surface area is 148 Å². The van der Waals surface area contributed by atoms with E-state index >= 15 is 0 Å². The van der Waals surface area contributed by atoms with Gasteiger partial charge >= 0.3 is 0 Å². The van der Waals surface area contributed by atoms with Crippen molar-refractivity contribution in [3.8, 4) is 5.75 Å². The van der Waals surface area contributed by atoms with Gasteiger partial charge in [-0.1, -0.05) is 18.2 Å². The minimum absolute atomic E-state index is 0.00135. The van der Waals surface area contributed by atoms with Crippen molar-refractivity contribution in [3.63, 3.8) is 0 Å². The van der Waals surface area contributed by atoms with Crippen LogP contribution in [0, 0.1) is 0 Å². The number of ketones is 1. The molecule has 0 bridgehead atoms. The highest BCUT2D eigenvalue weighted by molar-refractivity contribution is 5.97. The smallest absolute Gasteiger partial charge is 0.241 e. The second-order valence-corrected chi connectivity index (χ2v) is 5.97. The van der Waals surface area contributed by atoms with E-state index in [4.69, 9.17) is 4.74 Å². The maximum Gasteiger partial charge on any atom is 0.241 e. The highest BCUT2D eigenvalue weighted by atomic mass is 16.5. The summed E-state index contributed by atoms with van der Waals surface area (Å²) in [5.41, 5.74) is 2.28. The third kappa shape index (κ3) is 4.90. The van der Waals surface area contributed by atoms with Crippen LogP contribution in [-0.4, -0.2) is 24.8 Å². The van der Waals surface area contributed by atoms with E-state index in [0.29, 0.717) is 11.3 Å². The zero-order valence-electron chi connectivity index (χ0n) is 15.0. The number of hydrogen-bond donors (Lipinski definition) is 2. The van der Waals surface area contributed by atoms with E-state index in [-0.39, 0.29) is 17.7 Å². The fraction of sp³-hybridized carbons (Fsp3) is 0.300. The molecule has 0 saturated carbocycles. The van der Waals surface area contributed by atoms with Crippen LogP contribution in [0.25, 0.3) is 0 Å². The number of Topliss-reactive ketones (excluding diaryl/α,β-unsaturated/α-hetero) is 1. The summed E-state index contributed by atoms with van der Waals surface area (Å²) in [5, 5.41) is 6.12. The standard InChI is InChI=1S/C20H24N2O3/c1-13(18-7-5-6-8-19(18)25-4)21-14(2)20(24)22-17-11-9-16(10-12-17)15(3)23/h5-14,21H,1-4H3,(H,22,24)/t13-,14+/m0/s1. The number of benzene rings is 2. The summed E-state index contributed by atoms with van der Waals surface area (Å²) in [4.78, 5) is 23.7. The van der Waals surface area contributed by atoms with Gasteiger partial charge < -0.3 is 10.1 Å². The molecule has 5 nitrogen and oxygen atoms in total. The summed E-state index contributed by atoms with van der Waals surface area (Å²) in [6, 6.07) is 14.1. The van der Waals surface area contributed by atoms with Crippen LogP contribution in [0.3, 0.4) is 0 Å². The van der Waals surface area contributed by atoms with Crippen LogP contribution in [0.2, 0.25) is 0 Å². The molecule has 0 unspecified atom stereocenters. The number of carbonyl (C=O) groups excluding carboxylic acids is 2. The van der Waals surface area contributed by atoms with Crippen LogP contribution in [0.1, 0.15) is 42.7 Å². The van der Waals surface area contributed by atoms with Crippen LogP contribution in [0.4, 0.5) is 5.69 Å². The van der Waals surface area contributed by atoms with E-state index in [1.54, 1.807) is 31.4 Å². The molecule has 0 aromatic heterocycles. The van der Waals surface area contributed by atoms with Gasteiger partial charge in [-0.3, -0.25) is 14.9 Å². The van der Waals surface area contributed by atoms with Crippen LogP contribution < -0.4 is 15.4 Å². The summed E-state index contributed by atoms with van der Waals surface area (Å²) in [6.07, 6.45) is 0. The number of hydrogen-bond acceptors (Lipinski definition) is 4. The molecular weight excluding hydrogens is 316 g/mol. The van der Waals surface area contributed by atoms with Crippen molar-refractivity contribution >= 4 is 17.4 Å². The van der Waals surface area contributed by atoms with Crippen molar-refractivity contribution in [2.75, 3.05) is 12.4 Å². The Bertz CT molecular complexity index is 741. The molecule has 25 heavy (non-hydrogen) atoms. The summed E-state index contributed by atoms with van der Waals surface area (Å²) in [5.74, 6) is 0.644. The fourth-order valence-electron chi connectivity index (χ4n) is 2.60. The predicted molar refractivity (Wildman–Crippen MR) is 99.1 cm³/mol. The van der Waals surface area contributed by atoms with Gasteiger partial charge in [0.1, 0.15) is 5.75 Å². The number of rotatable bonds is 7. The monoisotopic (exact) mass is 340 g/mol. The molecule has 1 amide bonds. The first-order valence-electron chi connectivity index (χ1n) is 8.23. The van der Waals surface area contributed by atoms with Gasteiger partial charge in [0, 0.05) is 22.9 Å². The minimum Gasteiger partial charge on any atom is -0.496 e. The summed E-state index contributed by atoms with van der Waals surface area (Å²) in [7, 11) is 1.63. The molecule has 2 atom stereocenters. The summed E-state index contributed by atoms with van der Waals surface area (Å²) >= 11 is 0. The van der Waals surface area contributed by atoms with Crippen molar-refractivity contribution in [2.24, 2.45) is 0 Å². The SMILES string of the molecule is COc1ccccc1[C@H](C)N[C@H](C)C(=O)Nc1ccc(C(C)=O)cc1. The Balaban J connectivity index is 1.98. The molecule has 2 aromatic rings. The van der Waals surface area contributed by atoms with Gasteiger partial charge in [0.25, 0.3) is 0 Å². The van der Waals surface area contributed by atoms with Crippen molar-refractivity contribution in [3.05, 3.63) is 59.7 Å². The number of nitrogens with one attached hydrogen (secondary N) is 2. The molecule has 2 N–H and O–H groups in total. The highest BCUT2D eigenvalue weighted by Crippen LogP contribution is 2.24. The van der Waals surface area contributed by atoms with E-state index < -0.39 is 6.04 Å². The molecule has 0 aliphatic carbocycles. The molecule has 0 radical (unpaired) electrons. The molecule has 5 heteroatoms. The van der Waals surface area contributed by atoms with Gasteiger partial charge in [0.05, 0.1) is 13.2 Å². The highest BCUT2D eigenvalue weighted by Gasteiger charge is 2.18. The Kier molecular flexibility index (Phi) is 6.31. The van der Waals surface area contributed by atoms with Gasteiger partial charge in [0.15, 0.2) is 5.78 Å². The molecule has 0 heterocycles. The third-order valence-corrected chi connectivity index (χ3v) is 4.06.